The Morgan fingerprint density at radius 1 is 1.20 bits per heavy atom. The van der Waals surface area contributed by atoms with Gasteiger partial charge in [0.25, 0.3) is 5.91 Å². The molecule has 30 heavy (non-hydrogen) atoms. The van der Waals surface area contributed by atoms with Gasteiger partial charge in [0, 0.05) is 37.8 Å². The Kier molecular flexibility index (Phi) is 5.72. The van der Waals surface area contributed by atoms with Crippen LogP contribution >= 0.6 is 11.3 Å². The Morgan fingerprint density at radius 2 is 2.00 bits per heavy atom. The van der Waals surface area contributed by atoms with Crippen molar-refractivity contribution >= 4 is 23.2 Å². The summed E-state index contributed by atoms with van der Waals surface area (Å²) in [5, 5.41) is 9.29. The maximum Gasteiger partial charge on any atom is 0.274 e. The van der Waals surface area contributed by atoms with Crippen LogP contribution < -0.4 is 5.32 Å². The normalized spacial score (nSPS) is 18.5. The molecular formula is C23H26N4O2S. The molecule has 0 unspecified atom stereocenters. The van der Waals surface area contributed by atoms with Gasteiger partial charge in [-0.05, 0) is 48.4 Å². The van der Waals surface area contributed by atoms with Crippen LogP contribution in [-0.2, 0) is 18.3 Å². The number of likely N-dealkylation sites (tertiary alicyclic amines) is 1. The fourth-order valence-electron chi connectivity index (χ4n) is 4.12. The maximum atomic E-state index is 13.1. The van der Waals surface area contributed by atoms with E-state index in [9.17, 15) is 9.59 Å². The predicted molar refractivity (Wildman–Crippen MR) is 118 cm³/mol. The van der Waals surface area contributed by atoms with E-state index in [0.29, 0.717) is 38.2 Å². The molecule has 1 aliphatic rings. The zero-order chi connectivity index (χ0) is 21.1. The minimum absolute atomic E-state index is 0.0173. The molecule has 1 atom stereocenters. The first-order valence-corrected chi connectivity index (χ1v) is 11.1. The quantitative estimate of drug-likeness (QED) is 0.662. The first-order chi connectivity index (χ1) is 14.5. The number of carbonyl (C=O) groups is 2. The van der Waals surface area contributed by atoms with Crippen LogP contribution in [0.2, 0.25) is 0 Å². The summed E-state index contributed by atoms with van der Waals surface area (Å²) in [5.74, 6) is -0.0986. The van der Waals surface area contributed by atoms with Crippen molar-refractivity contribution in [3.05, 3.63) is 65.3 Å². The second kappa shape index (κ2) is 8.44. The Labute approximate surface area is 180 Å². The molecular weight excluding hydrogens is 396 g/mol. The molecule has 6 nitrogen and oxygen atoms in total. The van der Waals surface area contributed by atoms with Crippen LogP contribution in [0, 0.1) is 5.41 Å². The van der Waals surface area contributed by atoms with E-state index in [0.717, 1.165) is 5.56 Å². The minimum Gasteiger partial charge on any atom is -0.356 e. The van der Waals surface area contributed by atoms with E-state index in [-0.39, 0.29) is 11.8 Å². The second-order valence-corrected chi connectivity index (χ2v) is 8.79. The molecule has 2 amide bonds. The maximum absolute atomic E-state index is 13.1. The SMILES string of the molecule is CCNC(=O)[C@]1(Cc2ccc(-c3cccs3)cc2)CCN(C(=O)c2ccn(C)n2)C1. The van der Waals surface area contributed by atoms with Gasteiger partial charge in [-0.3, -0.25) is 14.3 Å². The fraction of sp³-hybridized carbons (Fsp3) is 0.348. The minimum atomic E-state index is -0.620. The standard InChI is InChI=1S/C23H26N4O2S/c1-3-24-22(29)23(11-13-27(16-23)21(28)19-10-12-26(2)25-19)15-17-6-8-18(9-7-17)20-5-4-14-30-20/h4-10,12,14H,3,11,13,15-16H2,1-2H3,(H,24,29)/t23-/m0/s1. The van der Waals surface area contributed by atoms with Crippen molar-refractivity contribution in [2.75, 3.05) is 19.6 Å². The summed E-state index contributed by atoms with van der Waals surface area (Å²) < 4.78 is 1.62. The molecule has 0 saturated carbocycles. The van der Waals surface area contributed by atoms with E-state index in [1.54, 1.807) is 40.2 Å². The zero-order valence-electron chi connectivity index (χ0n) is 17.3. The highest BCUT2D eigenvalue weighted by Gasteiger charge is 2.46. The number of aromatic nitrogens is 2. The van der Waals surface area contributed by atoms with E-state index in [1.807, 2.05) is 13.0 Å². The highest BCUT2D eigenvalue weighted by molar-refractivity contribution is 7.13. The molecule has 2 aromatic heterocycles. The third-order valence-electron chi connectivity index (χ3n) is 5.69. The Bertz CT molecular complexity index is 1030. The molecule has 0 radical (unpaired) electrons. The summed E-state index contributed by atoms with van der Waals surface area (Å²) in [6.45, 7) is 3.46. The number of hydrogen-bond donors (Lipinski definition) is 1. The van der Waals surface area contributed by atoms with E-state index >= 15 is 0 Å². The second-order valence-electron chi connectivity index (χ2n) is 7.84. The van der Waals surface area contributed by atoms with Crippen LogP contribution in [0.5, 0.6) is 0 Å². The number of nitrogens with one attached hydrogen (secondary N) is 1. The molecule has 0 aliphatic carbocycles. The smallest absolute Gasteiger partial charge is 0.274 e. The van der Waals surface area contributed by atoms with E-state index < -0.39 is 5.41 Å². The molecule has 1 saturated heterocycles. The van der Waals surface area contributed by atoms with Crippen molar-refractivity contribution in [2.24, 2.45) is 12.5 Å². The number of nitrogens with zero attached hydrogens (tertiary/aromatic N) is 3. The van der Waals surface area contributed by atoms with Crippen molar-refractivity contribution in [3.8, 4) is 10.4 Å². The Balaban J connectivity index is 1.54. The van der Waals surface area contributed by atoms with Gasteiger partial charge in [-0.1, -0.05) is 30.3 Å². The molecule has 1 aromatic carbocycles. The summed E-state index contributed by atoms with van der Waals surface area (Å²) >= 11 is 1.71. The third-order valence-corrected chi connectivity index (χ3v) is 6.61. The van der Waals surface area contributed by atoms with Crippen LogP contribution in [0.1, 0.15) is 29.4 Å². The Hall–Kier alpha value is -2.93. The molecule has 0 bridgehead atoms. The van der Waals surface area contributed by atoms with Gasteiger partial charge in [0.1, 0.15) is 5.69 Å². The van der Waals surface area contributed by atoms with Crippen LogP contribution in [-0.4, -0.2) is 46.1 Å². The summed E-state index contributed by atoms with van der Waals surface area (Å²) in [5.41, 5.74) is 2.09. The predicted octanol–water partition coefficient (Wildman–Crippen LogP) is 3.36. The molecule has 4 rings (SSSR count). The van der Waals surface area contributed by atoms with Crippen LogP contribution in [0.15, 0.2) is 54.0 Å². The first kappa shape index (κ1) is 20.3. The van der Waals surface area contributed by atoms with Crippen molar-refractivity contribution < 1.29 is 9.59 Å². The van der Waals surface area contributed by atoms with Gasteiger partial charge in [-0.25, -0.2) is 0 Å². The molecule has 156 valence electrons. The van der Waals surface area contributed by atoms with Crippen molar-refractivity contribution in [3.63, 3.8) is 0 Å². The van der Waals surface area contributed by atoms with Gasteiger partial charge in [-0.2, -0.15) is 5.10 Å². The molecule has 1 aliphatic heterocycles. The van der Waals surface area contributed by atoms with Crippen LogP contribution in [0.25, 0.3) is 10.4 Å². The summed E-state index contributed by atoms with van der Waals surface area (Å²) in [6.07, 6.45) is 3.01. The van der Waals surface area contributed by atoms with Gasteiger partial charge in [-0.15, -0.1) is 11.3 Å². The van der Waals surface area contributed by atoms with Crippen molar-refractivity contribution in [1.29, 1.82) is 0 Å². The number of carbonyl (C=O) groups excluding carboxylic acids is 2. The van der Waals surface area contributed by atoms with Crippen molar-refractivity contribution in [1.82, 2.24) is 20.0 Å². The monoisotopic (exact) mass is 422 g/mol. The number of aryl methyl sites for hydroxylation is 1. The van der Waals surface area contributed by atoms with Gasteiger partial charge in [0.15, 0.2) is 0 Å². The molecule has 7 heteroatoms. The number of thiophene rings is 1. The lowest BCUT2D eigenvalue weighted by atomic mass is 9.79. The molecule has 3 heterocycles. The van der Waals surface area contributed by atoms with E-state index in [2.05, 4.69) is 46.1 Å². The highest BCUT2D eigenvalue weighted by Crippen LogP contribution is 2.36. The molecule has 1 fully saturated rings. The first-order valence-electron chi connectivity index (χ1n) is 10.2. The summed E-state index contributed by atoms with van der Waals surface area (Å²) in [7, 11) is 1.79. The van der Waals surface area contributed by atoms with Crippen LogP contribution in [0.4, 0.5) is 0 Å². The lowest BCUT2D eigenvalue weighted by molar-refractivity contribution is -0.130. The lowest BCUT2D eigenvalue weighted by Crippen LogP contribution is -2.45. The number of hydrogen-bond acceptors (Lipinski definition) is 4. The number of benzene rings is 1. The molecule has 3 aromatic rings. The largest absolute Gasteiger partial charge is 0.356 e. The van der Waals surface area contributed by atoms with Gasteiger partial charge in [0.2, 0.25) is 5.91 Å². The van der Waals surface area contributed by atoms with Crippen LogP contribution in [0.3, 0.4) is 0 Å². The van der Waals surface area contributed by atoms with Gasteiger partial charge in [0.05, 0.1) is 5.41 Å². The zero-order valence-corrected chi connectivity index (χ0v) is 18.1. The van der Waals surface area contributed by atoms with Gasteiger partial charge >= 0.3 is 0 Å². The van der Waals surface area contributed by atoms with E-state index in [1.165, 1.54) is 10.4 Å². The fourth-order valence-corrected chi connectivity index (χ4v) is 4.85. The average molecular weight is 423 g/mol. The molecule has 0 spiro atoms. The van der Waals surface area contributed by atoms with E-state index in [4.69, 9.17) is 0 Å². The summed E-state index contributed by atoms with van der Waals surface area (Å²) in [6, 6.07) is 14.3. The molecule has 1 N–H and O–H groups in total. The number of amides is 2. The average Bonchev–Trinajstić information content (AvgIpc) is 3.50. The highest BCUT2D eigenvalue weighted by atomic mass is 32.1. The lowest BCUT2D eigenvalue weighted by Gasteiger charge is -2.28. The topological polar surface area (TPSA) is 67.2 Å². The van der Waals surface area contributed by atoms with Gasteiger partial charge < -0.3 is 10.2 Å². The van der Waals surface area contributed by atoms with Crippen molar-refractivity contribution in [2.45, 2.75) is 19.8 Å². The third kappa shape index (κ3) is 4.03. The number of rotatable bonds is 6. The summed E-state index contributed by atoms with van der Waals surface area (Å²) in [4.78, 5) is 28.9. The Morgan fingerprint density at radius 3 is 2.63 bits per heavy atom.